The molecule has 0 spiro atoms. The van der Waals surface area contributed by atoms with E-state index in [1.807, 2.05) is 30.3 Å². The predicted octanol–water partition coefficient (Wildman–Crippen LogP) is 3.09. The van der Waals surface area contributed by atoms with Gasteiger partial charge in [-0.2, -0.15) is 0 Å². The Morgan fingerprint density at radius 3 is 2.81 bits per heavy atom. The molecule has 1 unspecified atom stereocenters. The second-order valence-electron chi connectivity index (χ2n) is 7.14. The van der Waals surface area contributed by atoms with E-state index in [2.05, 4.69) is 35.3 Å². The fourth-order valence-electron chi connectivity index (χ4n) is 4.03. The molecule has 2 atom stereocenters. The van der Waals surface area contributed by atoms with Crippen molar-refractivity contribution in [1.82, 2.24) is 9.55 Å². The van der Waals surface area contributed by atoms with Crippen LogP contribution in [0.3, 0.4) is 0 Å². The Bertz CT molecular complexity index is 917. The van der Waals surface area contributed by atoms with Crippen molar-refractivity contribution in [3.63, 3.8) is 0 Å². The maximum atomic E-state index is 12.2. The van der Waals surface area contributed by atoms with Gasteiger partial charge in [-0.25, -0.2) is 4.98 Å². The zero-order valence-electron chi connectivity index (χ0n) is 15.8. The third-order valence-corrected chi connectivity index (χ3v) is 6.17. The molecule has 1 N–H and O–H groups in total. The van der Waals surface area contributed by atoms with E-state index in [-0.39, 0.29) is 5.91 Å². The highest BCUT2D eigenvalue weighted by molar-refractivity contribution is 7.14. The van der Waals surface area contributed by atoms with Gasteiger partial charge in [0.2, 0.25) is 5.91 Å². The van der Waals surface area contributed by atoms with Crippen LogP contribution in [0.2, 0.25) is 0 Å². The molecule has 3 heterocycles. The van der Waals surface area contributed by atoms with Gasteiger partial charge in [0.15, 0.2) is 5.13 Å². The number of benzene rings is 1. The first-order valence-corrected chi connectivity index (χ1v) is 10.3. The van der Waals surface area contributed by atoms with Crippen LogP contribution < -0.4 is 9.80 Å². The third kappa shape index (κ3) is 3.68. The normalized spacial score (nSPS) is 19.3. The highest BCUT2D eigenvalue weighted by Gasteiger charge is 2.32. The molecule has 140 valence electrons. The van der Waals surface area contributed by atoms with Crippen molar-refractivity contribution in [1.29, 1.82) is 0 Å². The van der Waals surface area contributed by atoms with Crippen LogP contribution in [0, 0.1) is 0 Å². The van der Waals surface area contributed by atoms with E-state index in [0.29, 0.717) is 6.04 Å². The summed E-state index contributed by atoms with van der Waals surface area (Å²) in [6.45, 7) is 3.65. The quantitative estimate of drug-likeness (QED) is 0.738. The molecule has 0 radical (unpaired) electrons. The van der Waals surface area contributed by atoms with Crippen molar-refractivity contribution >= 4 is 28.1 Å². The average Bonchev–Trinajstić information content (AvgIpc) is 3.38. The fourth-order valence-corrected chi connectivity index (χ4v) is 4.92. The van der Waals surface area contributed by atoms with Crippen LogP contribution in [-0.2, 0) is 18.4 Å². The minimum Gasteiger partial charge on any atom is -0.350 e. The molecule has 27 heavy (non-hydrogen) atoms. The molecule has 1 amide bonds. The number of aryl methyl sites for hydroxylation is 1. The number of nitrogens with one attached hydrogen (secondary N) is 1. The van der Waals surface area contributed by atoms with Crippen LogP contribution in [0.5, 0.6) is 0 Å². The smallest absolute Gasteiger partial charge is 0.230 e. The van der Waals surface area contributed by atoms with Crippen molar-refractivity contribution in [2.45, 2.75) is 32.4 Å². The van der Waals surface area contributed by atoms with Gasteiger partial charge < -0.3 is 9.47 Å². The summed E-state index contributed by atoms with van der Waals surface area (Å²) in [7, 11) is 2.12. The van der Waals surface area contributed by atoms with Crippen LogP contribution in [0.15, 0.2) is 54.0 Å². The predicted molar refractivity (Wildman–Crippen MR) is 108 cm³/mol. The van der Waals surface area contributed by atoms with Crippen LogP contribution in [0.1, 0.15) is 37.2 Å². The Morgan fingerprint density at radius 2 is 2.11 bits per heavy atom. The molecular weight excluding hydrogens is 356 g/mol. The van der Waals surface area contributed by atoms with Gasteiger partial charge in [0.05, 0.1) is 17.9 Å². The van der Waals surface area contributed by atoms with Crippen molar-refractivity contribution < 1.29 is 9.69 Å². The lowest BCUT2D eigenvalue weighted by molar-refractivity contribution is -0.932. The summed E-state index contributed by atoms with van der Waals surface area (Å²) < 4.78 is 2.23. The number of carbonyl (C=O) groups is 1. The number of nitrogens with zero attached hydrogens (tertiary/aromatic N) is 3. The second-order valence-corrected chi connectivity index (χ2v) is 7.97. The summed E-state index contributed by atoms with van der Waals surface area (Å²) in [5, 5.41) is 2.85. The monoisotopic (exact) mass is 381 g/mol. The zero-order valence-corrected chi connectivity index (χ0v) is 16.6. The van der Waals surface area contributed by atoms with Crippen LogP contribution in [0.25, 0.3) is 0 Å². The lowest BCUT2D eigenvalue weighted by Crippen LogP contribution is -3.09. The summed E-state index contributed by atoms with van der Waals surface area (Å²) >= 11 is 1.54. The first kappa shape index (κ1) is 17.9. The van der Waals surface area contributed by atoms with E-state index < -0.39 is 0 Å². The maximum Gasteiger partial charge on any atom is 0.230 e. The summed E-state index contributed by atoms with van der Waals surface area (Å²) in [6, 6.07) is 14.6. The number of carbonyl (C=O) groups excluding carboxylic acids is 1. The minimum absolute atomic E-state index is 0.0164. The zero-order chi connectivity index (χ0) is 18.8. The summed E-state index contributed by atoms with van der Waals surface area (Å²) in [4.78, 5) is 20.3. The van der Waals surface area contributed by atoms with Gasteiger partial charge in [0.1, 0.15) is 18.3 Å². The Morgan fingerprint density at radius 1 is 1.30 bits per heavy atom. The van der Waals surface area contributed by atoms with Gasteiger partial charge in [0, 0.05) is 38.4 Å². The highest BCUT2D eigenvalue weighted by atomic mass is 32.1. The van der Waals surface area contributed by atoms with E-state index in [4.69, 9.17) is 4.98 Å². The lowest BCUT2D eigenvalue weighted by Gasteiger charge is -2.21. The molecular formula is C21H25N4OS+. The topological polar surface area (TPSA) is 42.6 Å². The summed E-state index contributed by atoms with van der Waals surface area (Å²) in [5.41, 5.74) is 3.32. The second kappa shape index (κ2) is 7.66. The summed E-state index contributed by atoms with van der Waals surface area (Å²) in [5.74, 6) is -0.0164. The molecule has 4 rings (SSSR count). The number of hydrogen-bond donors (Lipinski definition) is 1. The Balaban J connectivity index is 1.54. The van der Waals surface area contributed by atoms with E-state index in [9.17, 15) is 4.79 Å². The standard InChI is InChI=1S/C21H24N4OS/c1-16(26)25(18-8-4-3-5-9-18)21-22-17(15-27-21)14-24-13-7-11-20(24)19-10-6-12-23(19)2/h3-6,8-10,12,15,20H,7,11,13-14H2,1-2H3/p+1/t20-/m0/s1. The first-order chi connectivity index (χ1) is 13.1. The highest BCUT2D eigenvalue weighted by Crippen LogP contribution is 2.29. The molecule has 2 aromatic heterocycles. The number of rotatable bonds is 5. The van der Waals surface area contributed by atoms with Gasteiger partial charge in [-0.3, -0.25) is 9.69 Å². The Labute approximate surface area is 163 Å². The fraction of sp³-hybridized carbons (Fsp3) is 0.333. The van der Waals surface area contributed by atoms with Crippen molar-refractivity contribution in [3.05, 3.63) is 65.4 Å². The van der Waals surface area contributed by atoms with Gasteiger partial charge in [-0.05, 0) is 24.3 Å². The van der Waals surface area contributed by atoms with Crippen LogP contribution in [-0.4, -0.2) is 22.0 Å². The molecule has 0 aliphatic carbocycles. The molecule has 0 bridgehead atoms. The molecule has 0 saturated carbocycles. The number of hydrogen-bond acceptors (Lipinski definition) is 3. The van der Waals surface area contributed by atoms with Crippen LogP contribution >= 0.6 is 11.3 Å². The molecule has 1 aromatic carbocycles. The molecule has 5 nitrogen and oxygen atoms in total. The molecule has 1 saturated heterocycles. The molecule has 1 fully saturated rings. The van der Waals surface area contributed by atoms with Gasteiger partial charge in [0.25, 0.3) is 0 Å². The van der Waals surface area contributed by atoms with Crippen molar-refractivity contribution in [2.75, 3.05) is 11.4 Å². The van der Waals surface area contributed by atoms with Crippen LogP contribution in [0.4, 0.5) is 10.8 Å². The van der Waals surface area contributed by atoms with E-state index in [1.54, 1.807) is 28.1 Å². The van der Waals surface area contributed by atoms with E-state index in [1.165, 1.54) is 18.5 Å². The number of anilines is 2. The number of thiazole rings is 1. The minimum atomic E-state index is -0.0164. The maximum absolute atomic E-state index is 12.2. The van der Waals surface area contributed by atoms with E-state index in [0.717, 1.165) is 29.6 Å². The Hall–Kier alpha value is -2.44. The van der Waals surface area contributed by atoms with Crippen molar-refractivity contribution in [2.24, 2.45) is 7.05 Å². The van der Waals surface area contributed by atoms with Gasteiger partial charge in [-0.15, -0.1) is 11.3 Å². The molecule has 3 aromatic rings. The molecule has 6 heteroatoms. The third-order valence-electron chi connectivity index (χ3n) is 5.29. The number of likely N-dealkylation sites (tertiary alicyclic amines) is 1. The number of para-hydroxylation sites is 1. The van der Waals surface area contributed by atoms with Crippen molar-refractivity contribution in [3.8, 4) is 0 Å². The Kier molecular flexibility index (Phi) is 5.09. The van der Waals surface area contributed by atoms with E-state index >= 15 is 0 Å². The summed E-state index contributed by atoms with van der Waals surface area (Å²) in [6.07, 6.45) is 4.58. The average molecular weight is 382 g/mol. The number of amides is 1. The van der Waals surface area contributed by atoms with Gasteiger partial charge >= 0.3 is 0 Å². The number of aromatic nitrogens is 2. The largest absolute Gasteiger partial charge is 0.350 e. The molecule has 1 aliphatic heterocycles. The molecule has 1 aliphatic rings. The number of quaternary nitrogens is 1. The first-order valence-electron chi connectivity index (χ1n) is 9.39. The van der Waals surface area contributed by atoms with Gasteiger partial charge in [-0.1, -0.05) is 18.2 Å². The lowest BCUT2D eigenvalue weighted by atomic mass is 10.1. The SMILES string of the molecule is CC(=O)N(c1ccccc1)c1nc(C[NH+]2CCC[C@H]2c2cccn2C)cs1.